The van der Waals surface area contributed by atoms with Gasteiger partial charge in [0.15, 0.2) is 5.82 Å². The molecule has 0 spiro atoms. The highest BCUT2D eigenvalue weighted by atomic mass is 15.2. The van der Waals surface area contributed by atoms with Crippen LogP contribution in [0.1, 0.15) is 26.0 Å². The third-order valence-corrected chi connectivity index (χ3v) is 4.44. The summed E-state index contributed by atoms with van der Waals surface area (Å²) in [6.45, 7) is 10.6. The fourth-order valence-corrected chi connectivity index (χ4v) is 3.06. The minimum absolute atomic E-state index is 0.877. The van der Waals surface area contributed by atoms with Gasteiger partial charge in [0.05, 0.1) is 16.6 Å². The number of hydrogen-bond acceptors (Lipinski definition) is 4. The molecule has 0 amide bonds. The second kappa shape index (κ2) is 6.96. The van der Waals surface area contributed by atoms with Crippen LogP contribution in [0.5, 0.6) is 0 Å². The number of benzene rings is 1. The van der Waals surface area contributed by atoms with Gasteiger partial charge < -0.3 is 15.2 Å². The lowest BCUT2D eigenvalue weighted by Gasteiger charge is -2.17. The Labute approximate surface area is 137 Å². The first-order valence-corrected chi connectivity index (χ1v) is 8.44. The Hall–Kier alpha value is -2.14. The molecule has 0 aliphatic rings. The van der Waals surface area contributed by atoms with Crippen LogP contribution in [-0.2, 0) is 0 Å². The van der Waals surface area contributed by atoms with Crippen LogP contribution >= 0.6 is 0 Å². The fraction of sp³-hybridized carbons (Fsp3) is 0.444. The number of fused-ring (bicyclic) bond motifs is 3. The highest BCUT2D eigenvalue weighted by Gasteiger charge is 2.12. The van der Waals surface area contributed by atoms with Crippen molar-refractivity contribution in [2.75, 3.05) is 31.5 Å². The van der Waals surface area contributed by atoms with E-state index in [4.69, 9.17) is 0 Å². The molecule has 0 saturated heterocycles. The van der Waals surface area contributed by atoms with Crippen LogP contribution in [0.3, 0.4) is 0 Å². The second-order valence-corrected chi connectivity index (χ2v) is 5.86. The maximum atomic E-state index is 4.39. The molecule has 5 nitrogen and oxygen atoms in total. The van der Waals surface area contributed by atoms with Gasteiger partial charge in [0.1, 0.15) is 0 Å². The smallest absolute Gasteiger partial charge is 0.158 e. The molecule has 122 valence electrons. The molecule has 3 aromatic rings. The van der Waals surface area contributed by atoms with Gasteiger partial charge in [-0.2, -0.15) is 5.10 Å². The molecule has 0 aliphatic heterocycles. The third-order valence-electron chi connectivity index (χ3n) is 4.44. The van der Waals surface area contributed by atoms with Gasteiger partial charge in [-0.1, -0.05) is 32.0 Å². The molecule has 0 bridgehead atoms. The van der Waals surface area contributed by atoms with Crippen LogP contribution in [0.15, 0.2) is 24.3 Å². The lowest BCUT2D eigenvalue weighted by Crippen LogP contribution is -2.25. The van der Waals surface area contributed by atoms with Crippen molar-refractivity contribution < 1.29 is 0 Å². The lowest BCUT2D eigenvalue weighted by molar-refractivity contribution is 0.303. The highest BCUT2D eigenvalue weighted by molar-refractivity contribution is 6.12. The molecular formula is C18H25N5. The van der Waals surface area contributed by atoms with Crippen LogP contribution in [-0.4, -0.2) is 46.3 Å². The predicted octanol–water partition coefficient (Wildman–Crippen LogP) is 3.56. The minimum Gasteiger partial charge on any atom is -0.368 e. The summed E-state index contributed by atoms with van der Waals surface area (Å²) in [5.74, 6) is 0.877. The monoisotopic (exact) mass is 311 g/mol. The van der Waals surface area contributed by atoms with Gasteiger partial charge in [-0.3, -0.25) is 0 Å². The molecule has 0 fully saturated rings. The van der Waals surface area contributed by atoms with Gasteiger partial charge in [-0.25, -0.2) is 0 Å². The van der Waals surface area contributed by atoms with Crippen molar-refractivity contribution in [3.8, 4) is 0 Å². The van der Waals surface area contributed by atoms with Crippen LogP contribution in [0.4, 0.5) is 5.82 Å². The number of hydrogen-bond donors (Lipinski definition) is 2. The van der Waals surface area contributed by atoms with Crippen molar-refractivity contribution in [2.24, 2.45) is 0 Å². The average molecular weight is 311 g/mol. The Morgan fingerprint density at radius 1 is 1.13 bits per heavy atom. The Bertz CT molecular complexity index is 789. The van der Waals surface area contributed by atoms with E-state index in [0.717, 1.165) is 60.5 Å². The first kappa shape index (κ1) is 15.7. The Morgan fingerprint density at radius 2 is 1.91 bits per heavy atom. The number of aromatic amines is 1. The van der Waals surface area contributed by atoms with Gasteiger partial charge in [0.2, 0.25) is 0 Å². The van der Waals surface area contributed by atoms with Gasteiger partial charge in [0, 0.05) is 17.4 Å². The summed E-state index contributed by atoms with van der Waals surface area (Å²) in [7, 11) is 0. The first-order chi connectivity index (χ1) is 11.2. The standard InChI is InChI=1S/C18H25N5/c1-4-23(5-2)12-8-11-19-18-16-14-9-6-7-10-15(14)20-17(16)13(3)21-22-18/h6-7,9-10,20H,4-5,8,11-12H2,1-3H3,(H,19,22). The maximum Gasteiger partial charge on any atom is 0.158 e. The molecule has 23 heavy (non-hydrogen) atoms. The van der Waals surface area contributed by atoms with Crippen molar-refractivity contribution in [3.05, 3.63) is 30.0 Å². The van der Waals surface area contributed by atoms with Gasteiger partial charge in [0.25, 0.3) is 0 Å². The number of H-pyrrole nitrogens is 1. The lowest BCUT2D eigenvalue weighted by atomic mass is 10.2. The van der Waals surface area contributed by atoms with Crippen LogP contribution < -0.4 is 5.32 Å². The third kappa shape index (κ3) is 3.15. The number of aryl methyl sites for hydroxylation is 1. The SMILES string of the molecule is CCN(CC)CCCNc1nnc(C)c2[nH]c3ccccc3c12. The van der Waals surface area contributed by atoms with Crippen molar-refractivity contribution in [2.45, 2.75) is 27.2 Å². The van der Waals surface area contributed by atoms with E-state index < -0.39 is 0 Å². The van der Waals surface area contributed by atoms with E-state index in [1.165, 1.54) is 5.39 Å². The Morgan fingerprint density at radius 3 is 2.70 bits per heavy atom. The predicted molar refractivity (Wildman–Crippen MR) is 97.0 cm³/mol. The van der Waals surface area contributed by atoms with Crippen LogP contribution in [0, 0.1) is 6.92 Å². The van der Waals surface area contributed by atoms with E-state index in [1.54, 1.807) is 0 Å². The highest BCUT2D eigenvalue weighted by Crippen LogP contribution is 2.30. The van der Waals surface area contributed by atoms with Crippen molar-refractivity contribution in [1.82, 2.24) is 20.1 Å². The quantitative estimate of drug-likeness (QED) is 0.655. The molecule has 2 N–H and O–H groups in total. The normalized spacial score (nSPS) is 11.7. The van der Waals surface area contributed by atoms with Crippen LogP contribution in [0.25, 0.3) is 21.8 Å². The Balaban J connectivity index is 1.82. The molecule has 0 atom stereocenters. The topological polar surface area (TPSA) is 56.8 Å². The van der Waals surface area contributed by atoms with E-state index in [2.05, 4.69) is 57.4 Å². The van der Waals surface area contributed by atoms with E-state index in [-0.39, 0.29) is 0 Å². The molecule has 2 aromatic heterocycles. The zero-order chi connectivity index (χ0) is 16.2. The molecule has 3 rings (SSSR count). The summed E-state index contributed by atoms with van der Waals surface area (Å²) in [4.78, 5) is 5.90. The van der Waals surface area contributed by atoms with Gasteiger partial charge in [-0.05, 0) is 39.0 Å². The largest absolute Gasteiger partial charge is 0.368 e. The van der Waals surface area contributed by atoms with E-state index in [0.29, 0.717) is 0 Å². The van der Waals surface area contributed by atoms with E-state index in [9.17, 15) is 0 Å². The maximum absolute atomic E-state index is 4.39. The zero-order valence-electron chi connectivity index (χ0n) is 14.2. The van der Waals surface area contributed by atoms with Gasteiger partial charge >= 0.3 is 0 Å². The molecule has 5 heteroatoms. The number of nitrogens with zero attached hydrogens (tertiary/aromatic N) is 3. The minimum atomic E-state index is 0.877. The zero-order valence-corrected chi connectivity index (χ0v) is 14.2. The molecule has 2 heterocycles. The average Bonchev–Trinajstić information content (AvgIpc) is 2.97. The number of rotatable bonds is 7. The number of para-hydroxylation sites is 1. The summed E-state index contributed by atoms with van der Waals surface area (Å²) in [6.07, 6.45) is 1.10. The number of anilines is 1. The van der Waals surface area contributed by atoms with Crippen molar-refractivity contribution in [1.29, 1.82) is 0 Å². The Kier molecular flexibility index (Phi) is 4.76. The van der Waals surface area contributed by atoms with Crippen LogP contribution in [0.2, 0.25) is 0 Å². The fourth-order valence-electron chi connectivity index (χ4n) is 3.06. The van der Waals surface area contributed by atoms with E-state index >= 15 is 0 Å². The molecule has 0 unspecified atom stereocenters. The summed E-state index contributed by atoms with van der Waals surface area (Å²) < 4.78 is 0. The molecule has 1 aromatic carbocycles. The molecule has 0 aliphatic carbocycles. The van der Waals surface area contributed by atoms with Crippen molar-refractivity contribution >= 4 is 27.6 Å². The summed E-state index contributed by atoms with van der Waals surface area (Å²) in [6, 6.07) is 8.34. The first-order valence-electron chi connectivity index (χ1n) is 8.44. The molecule has 0 saturated carbocycles. The number of nitrogens with one attached hydrogen (secondary N) is 2. The molecule has 0 radical (unpaired) electrons. The van der Waals surface area contributed by atoms with E-state index in [1.807, 2.05) is 13.0 Å². The van der Waals surface area contributed by atoms with Gasteiger partial charge in [-0.15, -0.1) is 5.10 Å². The van der Waals surface area contributed by atoms with Crippen molar-refractivity contribution in [3.63, 3.8) is 0 Å². The summed E-state index contributed by atoms with van der Waals surface area (Å²) in [5, 5.41) is 14.5. The number of aromatic nitrogens is 3. The summed E-state index contributed by atoms with van der Waals surface area (Å²) >= 11 is 0. The molecular weight excluding hydrogens is 286 g/mol. The second-order valence-electron chi connectivity index (χ2n) is 5.86. The summed E-state index contributed by atoms with van der Waals surface area (Å²) in [5.41, 5.74) is 3.14.